The third-order valence-corrected chi connectivity index (χ3v) is 2.32. The summed E-state index contributed by atoms with van der Waals surface area (Å²) in [6.45, 7) is 3.57. The summed E-state index contributed by atoms with van der Waals surface area (Å²) in [5, 5.41) is 0. The third kappa shape index (κ3) is 2.52. The van der Waals surface area contributed by atoms with Gasteiger partial charge in [0.05, 0.1) is 14.2 Å². The molecule has 0 radical (unpaired) electrons. The van der Waals surface area contributed by atoms with E-state index in [1.807, 2.05) is 0 Å². The first kappa shape index (κ1) is 12.5. The molecule has 2 N–H and O–H groups in total. The van der Waals surface area contributed by atoms with Gasteiger partial charge in [0.25, 0.3) is 0 Å². The second kappa shape index (κ2) is 5.51. The second-order valence-electron chi connectivity index (χ2n) is 3.36. The van der Waals surface area contributed by atoms with Crippen molar-refractivity contribution < 1.29 is 13.9 Å². The molecule has 4 heteroatoms. The number of rotatable bonds is 5. The van der Waals surface area contributed by atoms with Crippen LogP contribution in [0.25, 0.3) is 0 Å². The first-order valence-electron chi connectivity index (χ1n) is 4.92. The number of benzene rings is 1. The van der Waals surface area contributed by atoms with E-state index < -0.39 is 11.9 Å². The minimum atomic E-state index is -0.419. The molecule has 1 rings (SSSR count). The molecule has 0 amide bonds. The molecule has 0 unspecified atom stereocenters. The fourth-order valence-electron chi connectivity index (χ4n) is 1.46. The van der Waals surface area contributed by atoms with Gasteiger partial charge in [-0.15, -0.1) is 6.58 Å². The van der Waals surface area contributed by atoms with Crippen molar-refractivity contribution in [3.63, 3.8) is 0 Å². The number of hydrogen-bond donors (Lipinski definition) is 1. The van der Waals surface area contributed by atoms with E-state index in [2.05, 4.69) is 6.58 Å². The fraction of sp³-hybridized carbons (Fsp3) is 0.333. The van der Waals surface area contributed by atoms with E-state index in [4.69, 9.17) is 15.2 Å². The first-order chi connectivity index (χ1) is 7.63. The van der Waals surface area contributed by atoms with Crippen LogP contribution in [0.2, 0.25) is 0 Å². The normalized spacial score (nSPS) is 12.0. The summed E-state index contributed by atoms with van der Waals surface area (Å²) in [5.41, 5.74) is 6.21. The molecule has 1 atom stereocenters. The predicted molar refractivity (Wildman–Crippen MR) is 61.2 cm³/mol. The molecular weight excluding hydrogens is 209 g/mol. The maximum Gasteiger partial charge on any atom is 0.163 e. The number of nitrogens with two attached hydrogens (primary N) is 1. The highest BCUT2D eigenvalue weighted by molar-refractivity contribution is 5.44. The highest BCUT2D eigenvalue weighted by atomic mass is 19.1. The molecule has 1 aromatic carbocycles. The van der Waals surface area contributed by atoms with E-state index in [1.54, 1.807) is 12.1 Å². The van der Waals surface area contributed by atoms with Crippen molar-refractivity contribution >= 4 is 0 Å². The molecule has 0 aliphatic heterocycles. The van der Waals surface area contributed by atoms with Gasteiger partial charge in [-0.3, -0.25) is 0 Å². The van der Waals surface area contributed by atoms with Gasteiger partial charge in [0.2, 0.25) is 0 Å². The van der Waals surface area contributed by atoms with Gasteiger partial charge in [0.1, 0.15) is 5.82 Å². The quantitative estimate of drug-likeness (QED) is 0.783. The summed E-state index contributed by atoms with van der Waals surface area (Å²) in [4.78, 5) is 0. The van der Waals surface area contributed by atoms with Crippen LogP contribution in [0.4, 0.5) is 4.39 Å². The van der Waals surface area contributed by atoms with E-state index in [0.717, 1.165) is 0 Å². The average molecular weight is 225 g/mol. The lowest BCUT2D eigenvalue weighted by Gasteiger charge is -2.14. The average Bonchev–Trinajstić information content (AvgIpc) is 2.28. The maximum absolute atomic E-state index is 13.7. The molecule has 0 bridgehead atoms. The maximum atomic E-state index is 13.7. The Bertz CT molecular complexity index is 380. The topological polar surface area (TPSA) is 44.5 Å². The van der Waals surface area contributed by atoms with Crippen LogP contribution in [0, 0.1) is 5.82 Å². The number of halogens is 1. The Morgan fingerprint density at radius 3 is 2.44 bits per heavy atom. The Kier molecular flexibility index (Phi) is 4.31. The smallest absolute Gasteiger partial charge is 0.163 e. The van der Waals surface area contributed by atoms with Crippen LogP contribution in [-0.4, -0.2) is 14.2 Å². The SMILES string of the molecule is C=CC[C@H](N)c1cc(OC)c(OC)cc1F. The second-order valence-corrected chi connectivity index (χ2v) is 3.36. The largest absolute Gasteiger partial charge is 0.493 e. The molecule has 0 fully saturated rings. The standard InChI is InChI=1S/C12H16FNO2/c1-4-5-10(14)8-6-11(15-2)12(16-3)7-9(8)13/h4,6-7,10H,1,5,14H2,2-3H3/t10-/m0/s1. The minimum Gasteiger partial charge on any atom is -0.493 e. The molecule has 1 aromatic rings. The number of hydrogen-bond acceptors (Lipinski definition) is 3. The molecule has 0 aromatic heterocycles. The predicted octanol–water partition coefficient (Wildman–Crippen LogP) is 2.42. The van der Waals surface area contributed by atoms with Gasteiger partial charge < -0.3 is 15.2 Å². The van der Waals surface area contributed by atoms with E-state index in [9.17, 15) is 4.39 Å². The summed E-state index contributed by atoms with van der Waals surface area (Å²) < 4.78 is 23.8. The summed E-state index contributed by atoms with van der Waals surface area (Å²) in [5.74, 6) is 0.431. The van der Waals surface area contributed by atoms with Crippen molar-refractivity contribution in [2.75, 3.05) is 14.2 Å². The van der Waals surface area contributed by atoms with Crippen molar-refractivity contribution in [3.8, 4) is 11.5 Å². The van der Waals surface area contributed by atoms with Crippen molar-refractivity contribution in [2.45, 2.75) is 12.5 Å². The number of methoxy groups -OCH3 is 2. The van der Waals surface area contributed by atoms with Gasteiger partial charge in [-0.1, -0.05) is 6.08 Å². The van der Waals surface area contributed by atoms with Crippen molar-refractivity contribution in [1.82, 2.24) is 0 Å². The lowest BCUT2D eigenvalue weighted by molar-refractivity contribution is 0.351. The van der Waals surface area contributed by atoms with Crippen LogP contribution in [0.5, 0.6) is 11.5 Å². The molecule has 88 valence electrons. The molecule has 0 aliphatic rings. The zero-order chi connectivity index (χ0) is 12.1. The van der Waals surface area contributed by atoms with Crippen molar-refractivity contribution in [3.05, 3.63) is 36.2 Å². The molecule has 0 saturated heterocycles. The molecule has 3 nitrogen and oxygen atoms in total. The van der Waals surface area contributed by atoms with Crippen LogP contribution < -0.4 is 15.2 Å². The summed E-state index contributed by atoms with van der Waals surface area (Å²) >= 11 is 0. The highest BCUT2D eigenvalue weighted by Gasteiger charge is 2.15. The molecule has 0 heterocycles. The van der Waals surface area contributed by atoms with Gasteiger partial charge in [0, 0.05) is 17.7 Å². The lowest BCUT2D eigenvalue weighted by atomic mass is 10.0. The molecule has 0 saturated carbocycles. The van der Waals surface area contributed by atoms with Crippen molar-refractivity contribution in [1.29, 1.82) is 0 Å². The van der Waals surface area contributed by atoms with E-state index in [0.29, 0.717) is 23.5 Å². The Hall–Kier alpha value is -1.55. The van der Waals surface area contributed by atoms with Gasteiger partial charge in [0.15, 0.2) is 11.5 Å². The van der Waals surface area contributed by atoms with Gasteiger partial charge >= 0.3 is 0 Å². The molecular formula is C12H16FNO2. The lowest BCUT2D eigenvalue weighted by Crippen LogP contribution is -2.11. The zero-order valence-electron chi connectivity index (χ0n) is 9.50. The Labute approximate surface area is 94.7 Å². The Morgan fingerprint density at radius 1 is 1.38 bits per heavy atom. The van der Waals surface area contributed by atoms with Crippen LogP contribution in [0.3, 0.4) is 0 Å². The van der Waals surface area contributed by atoms with E-state index in [1.165, 1.54) is 20.3 Å². The third-order valence-electron chi connectivity index (χ3n) is 2.32. The molecule has 0 spiro atoms. The van der Waals surface area contributed by atoms with Gasteiger partial charge in [-0.2, -0.15) is 0 Å². The minimum absolute atomic E-state index is 0.356. The van der Waals surface area contributed by atoms with Crippen LogP contribution in [0.1, 0.15) is 18.0 Å². The van der Waals surface area contributed by atoms with Gasteiger partial charge in [-0.25, -0.2) is 4.39 Å². The van der Waals surface area contributed by atoms with Crippen LogP contribution in [0.15, 0.2) is 24.8 Å². The monoisotopic (exact) mass is 225 g/mol. The summed E-state index contributed by atoms with van der Waals surface area (Å²) in [7, 11) is 2.96. The summed E-state index contributed by atoms with van der Waals surface area (Å²) in [6.07, 6.45) is 2.16. The van der Waals surface area contributed by atoms with Crippen LogP contribution >= 0.6 is 0 Å². The van der Waals surface area contributed by atoms with E-state index >= 15 is 0 Å². The van der Waals surface area contributed by atoms with Crippen molar-refractivity contribution in [2.24, 2.45) is 5.73 Å². The van der Waals surface area contributed by atoms with E-state index in [-0.39, 0.29) is 0 Å². The van der Waals surface area contributed by atoms with Gasteiger partial charge in [-0.05, 0) is 12.5 Å². The Balaban J connectivity index is 3.15. The zero-order valence-corrected chi connectivity index (χ0v) is 9.50. The molecule has 0 aliphatic carbocycles. The molecule has 16 heavy (non-hydrogen) atoms. The van der Waals surface area contributed by atoms with Crippen LogP contribution in [-0.2, 0) is 0 Å². The Morgan fingerprint density at radius 2 is 1.94 bits per heavy atom. The fourth-order valence-corrected chi connectivity index (χ4v) is 1.46. The highest BCUT2D eigenvalue weighted by Crippen LogP contribution is 2.32. The number of ether oxygens (including phenoxy) is 2. The first-order valence-corrected chi connectivity index (χ1v) is 4.92. The summed E-state index contributed by atoms with van der Waals surface area (Å²) in [6, 6.07) is 2.41.